The van der Waals surface area contributed by atoms with Crippen molar-refractivity contribution in [3.8, 4) is 0 Å². The highest BCUT2D eigenvalue weighted by Gasteiger charge is 2.29. The van der Waals surface area contributed by atoms with E-state index in [2.05, 4.69) is 0 Å². The standard InChI is InChI=1S/C14H19FN2O3S/c1-9(2)17(8-10-3-4-10)14(18)11-5-12(15)7-13(6-11)21(16,19)20/h5-7,9-10H,3-4,8H2,1-2H3,(H2,16,19,20). The van der Waals surface area contributed by atoms with E-state index >= 15 is 0 Å². The Balaban J connectivity index is 2.34. The van der Waals surface area contributed by atoms with Gasteiger partial charge in [-0.05, 0) is 50.8 Å². The molecule has 1 aromatic carbocycles. The maximum Gasteiger partial charge on any atom is 0.254 e. The highest BCUT2D eigenvalue weighted by molar-refractivity contribution is 7.89. The molecule has 1 aliphatic rings. The first-order valence-electron chi connectivity index (χ1n) is 6.83. The van der Waals surface area contributed by atoms with Crippen LogP contribution in [0.5, 0.6) is 0 Å². The van der Waals surface area contributed by atoms with E-state index in [0.29, 0.717) is 12.5 Å². The highest BCUT2D eigenvalue weighted by atomic mass is 32.2. The second kappa shape index (κ2) is 5.73. The van der Waals surface area contributed by atoms with Crippen LogP contribution in [-0.2, 0) is 10.0 Å². The van der Waals surface area contributed by atoms with Crippen LogP contribution in [0.1, 0.15) is 37.0 Å². The van der Waals surface area contributed by atoms with Crippen molar-refractivity contribution >= 4 is 15.9 Å². The van der Waals surface area contributed by atoms with Gasteiger partial charge in [0.25, 0.3) is 5.91 Å². The van der Waals surface area contributed by atoms with Gasteiger partial charge in [0, 0.05) is 18.2 Å². The summed E-state index contributed by atoms with van der Waals surface area (Å²) in [5, 5.41) is 5.00. The van der Waals surface area contributed by atoms with Crippen molar-refractivity contribution in [2.45, 2.75) is 37.6 Å². The fourth-order valence-electron chi connectivity index (χ4n) is 2.12. The number of hydrogen-bond donors (Lipinski definition) is 1. The van der Waals surface area contributed by atoms with E-state index in [9.17, 15) is 17.6 Å². The molecule has 1 fully saturated rings. The van der Waals surface area contributed by atoms with Crippen molar-refractivity contribution in [1.29, 1.82) is 0 Å². The summed E-state index contributed by atoms with van der Waals surface area (Å²) in [7, 11) is -4.05. The Morgan fingerprint density at radius 2 is 2.00 bits per heavy atom. The number of rotatable bonds is 5. The van der Waals surface area contributed by atoms with Crippen LogP contribution < -0.4 is 5.14 Å². The average Bonchev–Trinajstić information content (AvgIpc) is 3.17. The number of benzene rings is 1. The van der Waals surface area contributed by atoms with Crippen LogP contribution in [0.2, 0.25) is 0 Å². The van der Waals surface area contributed by atoms with Crippen LogP contribution in [0.4, 0.5) is 4.39 Å². The lowest BCUT2D eigenvalue weighted by molar-refractivity contribution is 0.0695. The Morgan fingerprint density at radius 3 is 2.48 bits per heavy atom. The van der Waals surface area contributed by atoms with Gasteiger partial charge in [-0.25, -0.2) is 17.9 Å². The van der Waals surface area contributed by atoms with Crippen LogP contribution in [0.25, 0.3) is 0 Å². The quantitative estimate of drug-likeness (QED) is 0.899. The van der Waals surface area contributed by atoms with Crippen molar-refractivity contribution in [3.05, 3.63) is 29.6 Å². The van der Waals surface area contributed by atoms with Gasteiger partial charge in [0.1, 0.15) is 5.82 Å². The third-order valence-corrected chi connectivity index (χ3v) is 4.38. The number of carbonyl (C=O) groups excluding carboxylic acids is 1. The first kappa shape index (κ1) is 15.9. The number of nitrogens with zero attached hydrogens (tertiary/aromatic N) is 1. The smallest absolute Gasteiger partial charge is 0.254 e. The summed E-state index contributed by atoms with van der Waals surface area (Å²) >= 11 is 0. The average molecular weight is 314 g/mol. The molecule has 21 heavy (non-hydrogen) atoms. The normalized spacial score (nSPS) is 15.3. The number of nitrogens with two attached hydrogens (primary N) is 1. The van der Waals surface area contributed by atoms with Crippen LogP contribution in [0.3, 0.4) is 0 Å². The van der Waals surface area contributed by atoms with Gasteiger partial charge in [-0.1, -0.05) is 0 Å². The zero-order chi connectivity index (χ0) is 15.8. The maximum atomic E-state index is 13.6. The van der Waals surface area contributed by atoms with E-state index in [1.54, 1.807) is 4.90 Å². The first-order chi connectivity index (χ1) is 9.68. The molecule has 0 atom stereocenters. The molecule has 2 N–H and O–H groups in total. The van der Waals surface area contributed by atoms with E-state index < -0.39 is 15.8 Å². The van der Waals surface area contributed by atoms with Gasteiger partial charge < -0.3 is 4.90 Å². The summed E-state index contributed by atoms with van der Waals surface area (Å²) in [6, 6.07) is 2.94. The molecule has 0 heterocycles. The maximum absolute atomic E-state index is 13.6. The zero-order valence-electron chi connectivity index (χ0n) is 12.0. The van der Waals surface area contributed by atoms with Crippen molar-refractivity contribution in [2.75, 3.05) is 6.54 Å². The number of amides is 1. The van der Waals surface area contributed by atoms with E-state index in [1.807, 2.05) is 13.8 Å². The molecule has 7 heteroatoms. The Labute approximate surface area is 124 Å². The predicted molar refractivity (Wildman–Crippen MR) is 76.7 cm³/mol. The second-order valence-corrected chi connectivity index (χ2v) is 7.28. The van der Waals surface area contributed by atoms with Gasteiger partial charge >= 0.3 is 0 Å². The Bertz CT molecular complexity index is 654. The van der Waals surface area contributed by atoms with Crippen molar-refractivity contribution in [1.82, 2.24) is 4.90 Å². The van der Waals surface area contributed by atoms with E-state index in [-0.39, 0.29) is 22.4 Å². The monoisotopic (exact) mass is 314 g/mol. The molecular formula is C14H19FN2O3S. The molecule has 0 spiro atoms. The summed E-state index contributed by atoms with van der Waals surface area (Å²) < 4.78 is 36.2. The van der Waals surface area contributed by atoms with Crippen molar-refractivity contribution in [3.63, 3.8) is 0 Å². The minimum Gasteiger partial charge on any atom is -0.336 e. The third kappa shape index (κ3) is 4.01. The van der Waals surface area contributed by atoms with E-state index in [4.69, 9.17) is 5.14 Å². The van der Waals surface area contributed by atoms with E-state index in [1.165, 1.54) is 0 Å². The molecule has 0 aliphatic heterocycles. The Kier molecular flexibility index (Phi) is 4.34. The molecule has 1 saturated carbocycles. The van der Waals surface area contributed by atoms with Gasteiger partial charge in [-0.15, -0.1) is 0 Å². The number of halogens is 1. The highest BCUT2D eigenvalue weighted by Crippen LogP contribution is 2.31. The topological polar surface area (TPSA) is 80.5 Å². The van der Waals surface area contributed by atoms with E-state index in [0.717, 1.165) is 31.0 Å². The zero-order valence-corrected chi connectivity index (χ0v) is 12.9. The molecule has 1 aromatic rings. The molecule has 0 saturated heterocycles. The molecule has 0 bridgehead atoms. The Hall–Kier alpha value is -1.47. The van der Waals surface area contributed by atoms with Gasteiger partial charge in [0.2, 0.25) is 10.0 Å². The van der Waals surface area contributed by atoms with Gasteiger partial charge in [0.05, 0.1) is 4.90 Å². The van der Waals surface area contributed by atoms with Gasteiger partial charge in [-0.2, -0.15) is 0 Å². The fraction of sp³-hybridized carbons (Fsp3) is 0.500. The summed E-state index contributed by atoms with van der Waals surface area (Å²) in [5.74, 6) is -0.677. The molecule has 0 unspecified atom stereocenters. The van der Waals surface area contributed by atoms with Crippen molar-refractivity contribution < 1.29 is 17.6 Å². The lowest BCUT2D eigenvalue weighted by atomic mass is 10.1. The number of primary sulfonamides is 1. The second-order valence-electron chi connectivity index (χ2n) is 5.72. The first-order valence-corrected chi connectivity index (χ1v) is 8.37. The van der Waals surface area contributed by atoms with Gasteiger partial charge in [0.15, 0.2) is 0 Å². The van der Waals surface area contributed by atoms with Gasteiger partial charge in [-0.3, -0.25) is 4.79 Å². The van der Waals surface area contributed by atoms with Crippen LogP contribution >= 0.6 is 0 Å². The van der Waals surface area contributed by atoms with Crippen LogP contribution in [0.15, 0.2) is 23.1 Å². The largest absolute Gasteiger partial charge is 0.336 e. The predicted octanol–water partition coefficient (Wildman–Crippen LogP) is 1.73. The molecule has 5 nitrogen and oxygen atoms in total. The summed E-state index contributed by atoms with van der Waals surface area (Å²) in [6.45, 7) is 4.36. The molecule has 1 amide bonds. The van der Waals surface area contributed by atoms with Crippen LogP contribution in [-0.4, -0.2) is 31.8 Å². The SMILES string of the molecule is CC(C)N(CC1CC1)C(=O)c1cc(F)cc(S(N)(=O)=O)c1. The van der Waals surface area contributed by atoms with Crippen LogP contribution in [0, 0.1) is 11.7 Å². The summed E-state index contributed by atoms with van der Waals surface area (Å²) in [5.41, 5.74) is 0.00775. The minimum atomic E-state index is -4.05. The molecule has 0 aromatic heterocycles. The Morgan fingerprint density at radius 1 is 1.38 bits per heavy atom. The number of carbonyl (C=O) groups is 1. The molecule has 2 rings (SSSR count). The molecule has 0 radical (unpaired) electrons. The molecule has 116 valence electrons. The minimum absolute atomic E-state index is 0.00775. The molecular weight excluding hydrogens is 295 g/mol. The van der Waals surface area contributed by atoms with Crippen molar-refractivity contribution in [2.24, 2.45) is 11.1 Å². The third-order valence-electron chi connectivity index (χ3n) is 3.48. The fourth-order valence-corrected chi connectivity index (χ4v) is 2.69. The lowest BCUT2D eigenvalue weighted by Crippen LogP contribution is -2.38. The molecule has 1 aliphatic carbocycles. The lowest BCUT2D eigenvalue weighted by Gasteiger charge is -2.27. The number of hydrogen-bond acceptors (Lipinski definition) is 3. The number of sulfonamides is 1. The summed E-state index contributed by atoms with van der Waals surface area (Å²) in [6.07, 6.45) is 2.17. The summed E-state index contributed by atoms with van der Waals surface area (Å²) in [4.78, 5) is 13.8.